The average Bonchev–Trinajstić information content (AvgIpc) is 3.13. The first-order valence-corrected chi connectivity index (χ1v) is 8.13. The molecule has 2 rings (SSSR count). The van der Waals surface area contributed by atoms with E-state index in [-0.39, 0.29) is 24.0 Å². The SMILES string of the molecule is CCNC(=NCc1ccco1)NCCCOc1ccc(OC)cc1.I. The van der Waals surface area contributed by atoms with Crippen LogP contribution in [-0.4, -0.2) is 32.8 Å². The maximum Gasteiger partial charge on any atom is 0.191 e. The second-order valence-corrected chi connectivity index (χ2v) is 5.08. The van der Waals surface area contributed by atoms with Gasteiger partial charge in [-0.3, -0.25) is 0 Å². The zero-order valence-electron chi connectivity index (χ0n) is 14.7. The molecule has 2 aromatic rings. The van der Waals surface area contributed by atoms with Crippen LogP contribution < -0.4 is 20.1 Å². The van der Waals surface area contributed by atoms with Gasteiger partial charge >= 0.3 is 0 Å². The van der Waals surface area contributed by atoms with E-state index in [1.165, 1.54) is 0 Å². The Morgan fingerprint density at radius 1 is 1.12 bits per heavy atom. The number of benzene rings is 1. The summed E-state index contributed by atoms with van der Waals surface area (Å²) in [6.45, 7) is 4.78. The number of halogens is 1. The van der Waals surface area contributed by atoms with Gasteiger partial charge in [0.15, 0.2) is 5.96 Å². The van der Waals surface area contributed by atoms with Gasteiger partial charge in [0.05, 0.1) is 20.0 Å². The summed E-state index contributed by atoms with van der Waals surface area (Å²) in [4.78, 5) is 4.48. The van der Waals surface area contributed by atoms with Crippen molar-refractivity contribution in [3.05, 3.63) is 48.4 Å². The van der Waals surface area contributed by atoms with Crippen molar-refractivity contribution in [3.63, 3.8) is 0 Å². The summed E-state index contributed by atoms with van der Waals surface area (Å²) < 4.78 is 16.1. The molecule has 1 heterocycles. The molecule has 6 nitrogen and oxygen atoms in total. The van der Waals surface area contributed by atoms with Crippen molar-refractivity contribution >= 4 is 29.9 Å². The number of methoxy groups -OCH3 is 1. The largest absolute Gasteiger partial charge is 0.497 e. The minimum absolute atomic E-state index is 0. The summed E-state index contributed by atoms with van der Waals surface area (Å²) in [5.41, 5.74) is 0. The Labute approximate surface area is 166 Å². The lowest BCUT2D eigenvalue weighted by Gasteiger charge is -2.11. The van der Waals surface area contributed by atoms with Crippen molar-refractivity contribution < 1.29 is 13.9 Å². The molecular weight excluding hydrogens is 433 g/mol. The lowest BCUT2D eigenvalue weighted by molar-refractivity contribution is 0.310. The Morgan fingerprint density at radius 2 is 1.88 bits per heavy atom. The minimum atomic E-state index is 0. The number of aliphatic imine (C=N–C) groups is 1. The molecule has 0 unspecified atom stereocenters. The molecule has 1 aromatic heterocycles. The fourth-order valence-corrected chi connectivity index (χ4v) is 2.04. The summed E-state index contributed by atoms with van der Waals surface area (Å²) in [7, 11) is 1.65. The molecule has 0 saturated carbocycles. The van der Waals surface area contributed by atoms with Gasteiger partial charge in [0, 0.05) is 13.1 Å². The number of guanidine groups is 1. The van der Waals surface area contributed by atoms with Crippen LogP contribution in [0.15, 0.2) is 52.1 Å². The molecule has 138 valence electrons. The summed E-state index contributed by atoms with van der Waals surface area (Å²) in [5, 5.41) is 6.49. The third kappa shape index (κ3) is 8.15. The molecule has 0 spiro atoms. The molecule has 0 radical (unpaired) electrons. The molecular formula is C18H26IN3O3. The molecule has 0 aliphatic heterocycles. The standard InChI is InChI=1S/C18H25N3O3.HI/c1-3-19-18(21-14-17-6-4-12-24-17)20-11-5-13-23-16-9-7-15(22-2)8-10-16;/h4,6-10,12H,3,5,11,13-14H2,1-2H3,(H2,19,20,21);1H. The first-order chi connectivity index (χ1) is 11.8. The van der Waals surface area contributed by atoms with Gasteiger partial charge in [-0.2, -0.15) is 0 Å². The monoisotopic (exact) mass is 459 g/mol. The van der Waals surface area contributed by atoms with Crippen LogP contribution in [0.25, 0.3) is 0 Å². The Balaban J connectivity index is 0.00000312. The maximum atomic E-state index is 5.70. The van der Waals surface area contributed by atoms with E-state index in [9.17, 15) is 0 Å². The van der Waals surface area contributed by atoms with Crippen LogP contribution in [0.4, 0.5) is 0 Å². The molecule has 7 heteroatoms. The predicted octanol–water partition coefficient (Wildman–Crippen LogP) is 3.43. The zero-order valence-corrected chi connectivity index (χ0v) is 17.0. The van der Waals surface area contributed by atoms with Crippen molar-refractivity contribution in [2.24, 2.45) is 4.99 Å². The number of nitrogens with one attached hydrogen (secondary N) is 2. The van der Waals surface area contributed by atoms with E-state index in [4.69, 9.17) is 13.9 Å². The van der Waals surface area contributed by atoms with Crippen molar-refractivity contribution in [1.29, 1.82) is 0 Å². The van der Waals surface area contributed by atoms with Gasteiger partial charge in [-0.05, 0) is 49.7 Å². The van der Waals surface area contributed by atoms with Gasteiger partial charge in [0.2, 0.25) is 0 Å². The van der Waals surface area contributed by atoms with E-state index >= 15 is 0 Å². The smallest absolute Gasteiger partial charge is 0.191 e. The predicted molar refractivity (Wildman–Crippen MR) is 110 cm³/mol. The van der Waals surface area contributed by atoms with Gasteiger partial charge in [-0.25, -0.2) is 4.99 Å². The molecule has 0 fully saturated rings. The number of ether oxygens (including phenoxy) is 2. The fraction of sp³-hybridized carbons (Fsp3) is 0.389. The van der Waals surface area contributed by atoms with Gasteiger partial charge in [-0.1, -0.05) is 0 Å². The minimum Gasteiger partial charge on any atom is -0.497 e. The van der Waals surface area contributed by atoms with Crippen molar-refractivity contribution in [2.75, 3.05) is 26.8 Å². The third-order valence-electron chi connectivity index (χ3n) is 3.26. The second-order valence-electron chi connectivity index (χ2n) is 5.08. The lowest BCUT2D eigenvalue weighted by atomic mass is 10.3. The Morgan fingerprint density at radius 3 is 2.52 bits per heavy atom. The van der Waals surface area contributed by atoms with Crippen LogP contribution in [0.5, 0.6) is 11.5 Å². The normalized spacial score (nSPS) is 10.7. The summed E-state index contributed by atoms with van der Waals surface area (Å²) in [5.74, 6) is 3.29. The number of hydrogen-bond donors (Lipinski definition) is 2. The number of rotatable bonds is 9. The third-order valence-corrected chi connectivity index (χ3v) is 3.26. The molecule has 2 N–H and O–H groups in total. The van der Waals surface area contributed by atoms with Crippen LogP contribution >= 0.6 is 24.0 Å². The first kappa shape index (κ1) is 21.1. The van der Waals surface area contributed by atoms with E-state index in [1.807, 2.05) is 43.3 Å². The summed E-state index contributed by atoms with van der Waals surface area (Å²) in [6.07, 6.45) is 2.53. The van der Waals surface area contributed by atoms with Gasteiger partial charge in [-0.15, -0.1) is 24.0 Å². The lowest BCUT2D eigenvalue weighted by Crippen LogP contribution is -2.38. The maximum absolute atomic E-state index is 5.70. The molecule has 1 aromatic carbocycles. The molecule has 0 bridgehead atoms. The van der Waals surface area contributed by atoms with Crippen LogP contribution in [0.1, 0.15) is 19.1 Å². The quantitative estimate of drug-likeness (QED) is 0.260. The van der Waals surface area contributed by atoms with Crippen molar-refractivity contribution in [2.45, 2.75) is 19.9 Å². The summed E-state index contributed by atoms with van der Waals surface area (Å²) >= 11 is 0. The highest BCUT2D eigenvalue weighted by molar-refractivity contribution is 14.0. The Kier molecular flexibility index (Phi) is 10.5. The van der Waals surface area contributed by atoms with Crippen molar-refractivity contribution in [3.8, 4) is 11.5 Å². The zero-order chi connectivity index (χ0) is 17.0. The molecule has 0 aliphatic carbocycles. The average molecular weight is 459 g/mol. The highest BCUT2D eigenvalue weighted by atomic mass is 127. The number of furan rings is 1. The molecule has 0 atom stereocenters. The topological polar surface area (TPSA) is 68.0 Å². The number of hydrogen-bond acceptors (Lipinski definition) is 4. The van der Waals surface area contributed by atoms with Crippen molar-refractivity contribution in [1.82, 2.24) is 10.6 Å². The van der Waals surface area contributed by atoms with Crippen LogP contribution in [0.3, 0.4) is 0 Å². The highest BCUT2D eigenvalue weighted by Gasteiger charge is 1.99. The van der Waals surface area contributed by atoms with Gasteiger partial charge < -0.3 is 24.5 Å². The van der Waals surface area contributed by atoms with E-state index in [0.29, 0.717) is 13.2 Å². The van der Waals surface area contributed by atoms with Gasteiger partial charge in [0.1, 0.15) is 23.8 Å². The first-order valence-electron chi connectivity index (χ1n) is 8.13. The summed E-state index contributed by atoms with van der Waals surface area (Å²) in [6, 6.07) is 11.4. The Hall–Kier alpha value is -1.90. The second kappa shape index (κ2) is 12.5. The van der Waals surface area contributed by atoms with Crippen LogP contribution in [0, 0.1) is 0 Å². The van der Waals surface area contributed by atoms with Crippen LogP contribution in [0.2, 0.25) is 0 Å². The molecule has 25 heavy (non-hydrogen) atoms. The Bertz CT molecular complexity index is 601. The number of nitrogens with zero attached hydrogens (tertiary/aromatic N) is 1. The van der Waals surface area contributed by atoms with E-state index < -0.39 is 0 Å². The van der Waals surface area contributed by atoms with E-state index in [1.54, 1.807) is 13.4 Å². The van der Waals surface area contributed by atoms with Gasteiger partial charge in [0.25, 0.3) is 0 Å². The molecule has 0 saturated heterocycles. The van der Waals surface area contributed by atoms with E-state index in [0.717, 1.165) is 42.7 Å². The van der Waals surface area contributed by atoms with E-state index in [2.05, 4.69) is 15.6 Å². The highest BCUT2D eigenvalue weighted by Crippen LogP contribution is 2.16. The van der Waals surface area contributed by atoms with Crippen LogP contribution in [-0.2, 0) is 6.54 Å². The fourth-order valence-electron chi connectivity index (χ4n) is 2.04. The molecule has 0 aliphatic rings. The molecule has 0 amide bonds.